The molecule has 0 spiro atoms. The molecule has 1 rings (SSSR count). The molecule has 2 nitrogen and oxygen atoms in total. The summed E-state index contributed by atoms with van der Waals surface area (Å²) in [5.41, 5.74) is 1.15. The second-order valence-electron chi connectivity index (χ2n) is 2.75. The van der Waals surface area contributed by atoms with Crippen LogP contribution in [0.3, 0.4) is 0 Å². The van der Waals surface area contributed by atoms with Crippen LogP contribution in [0.4, 0.5) is 0 Å². The summed E-state index contributed by atoms with van der Waals surface area (Å²) in [5.74, 6) is -0.00212. The molecule has 0 radical (unpaired) electrons. The Kier molecular flexibility index (Phi) is 3.76. The summed E-state index contributed by atoms with van der Waals surface area (Å²) in [6, 6.07) is 9.98. The quantitative estimate of drug-likeness (QED) is 0.746. The van der Waals surface area contributed by atoms with Crippen molar-refractivity contribution in [1.29, 1.82) is 0 Å². The van der Waals surface area contributed by atoms with Crippen molar-refractivity contribution < 1.29 is 4.79 Å². The Morgan fingerprint density at radius 2 is 2.08 bits per heavy atom. The van der Waals surface area contributed by atoms with Gasteiger partial charge in [-0.1, -0.05) is 42.5 Å². The molecule has 1 N–H and O–H groups in total. The molecule has 0 heterocycles. The lowest BCUT2D eigenvalue weighted by atomic mass is 10.2. The summed E-state index contributed by atoms with van der Waals surface area (Å²) in [5, 5.41) is 2.69. The van der Waals surface area contributed by atoms with Gasteiger partial charge in [0, 0.05) is 13.5 Å². The van der Waals surface area contributed by atoms with Crippen molar-refractivity contribution >= 4 is 12.0 Å². The van der Waals surface area contributed by atoms with Crippen LogP contribution in [0, 0.1) is 0 Å². The lowest BCUT2D eigenvalue weighted by Gasteiger charge is -1.94. The van der Waals surface area contributed by atoms with E-state index in [1.807, 2.05) is 42.5 Å². The van der Waals surface area contributed by atoms with Crippen molar-refractivity contribution in [3.05, 3.63) is 42.0 Å². The van der Waals surface area contributed by atoms with Gasteiger partial charge in [0.25, 0.3) is 0 Å². The van der Waals surface area contributed by atoms with Crippen LogP contribution in [-0.4, -0.2) is 12.5 Å². The van der Waals surface area contributed by atoms with Crippen LogP contribution in [0.2, 0.25) is 0 Å². The van der Waals surface area contributed by atoms with E-state index in [1.165, 1.54) is 6.92 Å². The molecular formula is C11H13NO. The van der Waals surface area contributed by atoms with E-state index in [9.17, 15) is 4.79 Å². The number of carbonyl (C=O) groups excluding carboxylic acids is 1. The zero-order valence-corrected chi connectivity index (χ0v) is 7.66. The Morgan fingerprint density at radius 3 is 2.69 bits per heavy atom. The third-order valence-electron chi connectivity index (χ3n) is 1.58. The van der Waals surface area contributed by atoms with E-state index in [-0.39, 0.29) is 5.91 Å². The highest BCUT2D eigenvalue weighted by atomic mass is 16.1. The molecule has 68 valence electrons. The van der Waals surface area contributed by atoms with Crippen molar-refractivity contribution in [2.45, 2.75) is 6.92 Å². The molecule has 0 saturated heterocycles. The van der Waals surface area contributed by atoms with E-state index in [1.54, 1.807) is 0 Å². The van der Waals surface area contributed by atoms with E-state index in [0.29, 0.717) is 6.54 Å². The van der Waals surface area contributed by atoms with Gasteiger partial charge in [-0.15, -0.1) is 0 Å². The van der Waals surface area contributed by atoms with Gasteiger partial charge in [0.1, 0.15) is 0 Å². The van der Waals surface area contributed by atoms with E-state index < -0.39 is 0 Å². The van der Waals surface area contributed by atoms with Crippen LogP contribution in [0.25, 0.3) is 6.08 Å². The average Bonchev–Trinajstić information content (AvgIpc) is 2.14. The Labute approximate surface area is 78.3 Å². The molecule has 0 unspecified atom stereocenters. The highest BCUT2D eigenvalue weighted by Gasteiger charge is 1.85. The molecule has 13 heavy (non-hydrogen) atoms. The third-order valence-corrected chi connectivity index (χ3v) is 1.58. The van der Waals surface area contributed by atoms with Crippen LogP contribution in [0.5, 0.6) is 0 Å². The van der Waals surface area contributed by atoms with Gasteiger partial charge in [-0.3, -0.25) is 4.79 Å². The van der Waals surface area contributed by atoms with Crippen LogP contribution >= 0.6 is 0 Å². The Hall–Kier alpha value is -1.57. The number of rotatable bonds is 3. The minimum Gasteiger partial charge on any atom is -0.353 e. The topological polar surface area (TPSA) is 29.1 Å². The molecule has 0 saturated carbocycles. The second kappa shape index (κ2) is 5.14. The first-order valence-corrected chi connectivity index (χ1v) is 4.25. The molecule has 0 atom stereocenters. The SMILES string of the molecule is CC(=O)NC/C=C/c1ccccc1. The van der Waals surface area contributed by atoms with Crippen molar-refractivity contribution in [3.63, 3.8) is 0 Å². The van der Waals surface area contributed by atoms with Crippen molar-refractivity contribution in [2.24, 2.45) is 0 Å². The second-order valence-corrected chi connectivity index (χ2v) is 2.75. The number of hydrogen-bond acceptors (Lipinski definition) is 1. The summed E-state index contributed by atoms with van der Waals surface area (Å²) in [6.07, 6.45) is 3.91. The smallest absolute Gasteiger partial charge is 0.217 e. The van der Waals surface area contributed by atoms with Gasteiger partial charge in [-0.2, -0.15) is 0 Å². The summed E-state index contributed by atoms with van der Waals surface area (Å²) in [4.78, 5) is 10.5. The van der Waals surface area contributed by atoms with Crippen LogP contribution in [0.1, 0.15) is 12.5 Å². The van der Waals surface area contributed by atoms with Gasteiger partial charge in [-0.25, -0.2) is 0 Å². The maximum Gasteiger partial charge on any atom is 0.217 e. The maximum atomic E-state index is 10.5. The predicted molar refractivity (Wildman–Crippen MR) is 54.2 cm³/mol. The van der Waals surface area contributed by atoms with Crippen LogP contribution in [0.15, 0.2) is 36.4 Å². The minimum absolute atomic E-state index is 0.00212. The average molecular weight is 175 g/mol. The lowest BCUT2D eigenvalue weighted by molar-refractivity contribution is -0.118. The Morgan fingerprint density at radius 1 is 1.38 bits per heavy atom. The van der Waals surface area contributed by atoms with E-state index in [4.69, 9.17) is 0 Å². The van der Waals surface area contributed by atoms with Gasteiger partial charge < -0.3 is 5.32 Å². The van der Waals surface area contributed by atoms with E-state index in [0.717, 1.165) is 5.56 Å². The summed E-state index contributed by atoms with van der Waals surface area (Å²) < 4.78 is 0. The van der Waals surface area contributed by atoms with Crippen molar-refractivity contribution in [1.82, 2.24) is 5.32 Å². The van der Waals surface area contributed by atoms with Gasteiger partial charge >= 0.3 is 0 Å². The number of nitrogens with one attached hydrogen (secondary N) is 1. The molecule has 1 aromatic carbocycles. The largest absolute Gasteiger partial charge is 0.353 e. The molecule has 1 amide bonds. The number of benzene rings is 1. The normalized spacial score (nSPS) is 10.2. The highest BCUT2D eigenvalue weighted by Crippen LogP contribution is 1.99. The fourth-order valence-electron chi connectivity index (χ4n) is 0.962. The molecule has 0 aliphatic rings. The third kappa shape index (κ3) is 4.11. The standard InChI is InChI=1S/C11H13NO/c1-10(13)12-9-5-8-11-6-3-2-4-7-11/h2-8H,9H2,1H3,(H,12,13)/b8-5+. The number of amides is 1. The maximum absolute atomic E-state index is 10.5. The van der Waals surface area contributed by atoms with Gasteiger partial charge in [-0.05, 0) is 5.56 Å². The highest BCUT2D eigenvalue weighted by molar-refractivity contribution is 5.73. The fraction of sp³-hybridized carbons (Fsp3) is 0.182. The predicted octanol–water partition coefficient (Wildman–Crippen LogP) is 1.84. The van der Waals surface area contributed by atoms with E-state index in [2.05, 4.69) is 5.32 Å². The molecule has 1 aromatic rings. The van der Waals surface area contributed by atoms with Crippen molar-refractivity contribution in [2.75, 3.05) is 6.54 Å². The number of hydrogen-bond donors (Lipinski definition) is 1. The molecule has 0 aromatic heterocycles. The van der Waals surface area contributed by atoms with Gasteiger partial charge in [0.2, 0.25) is 5.91 Å². The zero-order valence-electron chi connectivity index (χ0n) is 7.66. The first-order valence-electron chi connectivity index (χ1n) is 4.25. The first-order chi connectivity index (χ1) is 6.29. The first kappa shape index (κ1) is 9.52. The van der Waals surface area contributed by atoms with Crippen LogP contribution in [-0.2, 0) is 4.79 Å². The summed E-state index contributed by atoms with van der Waals surface area (Å²) >= 11 is 0. The van der Waals surface area contributed by atoms with E-state index >= 15 is 0 Å². The van der Waals surface area contributed by atoms with Gasteiger partial charge in [0.05, 0.1) is 0 Å². The Balaban J connectivity index is 2.37. The van der Waals surface area contributed by atoms with Gasteiger partial charge in [0.15, 0.2) is 0 Å². The number of carbonyl (C=O) groups is 1. The summed E-state index contributed by atoms with van der Waals surface area (Å²) in [7, 11) is 0. The molecule has 0 fully saturated rings. The molecule has 0 bridgehead atoms. The zero-order chi connectivity index (χ0) is 9.52. The van der Waals surface area contributed by atoms with Crippen molar-refractivity contribution in [3.8, 4) is 0 Å². The molecule has 0 aliphatic heterocycles. The molecule has 2 heteroatoms. The molecule has 0 aliphatic carbocycles. The minimum atomic E-state index is -0.00212. The van der Waals surface area contributed by atoms with Crippen LogP contribution < -0.4 is 5.32 Å². The fourth-order valence-corrected chi connectivity index (χ4v) is 0.962. The molecular weight excluding hydrogens is 162 g/mol. The lowest BCUT2D eigenvalue weighted by Crippen LogP contribution is -2.19. The monoisotopic (exact) mass is 175 g/mol. The summed E-state index contributed by atoms with van der Waals surface area (Å²) in [6.45, 7) is 2.10. The Bertz CT molecular complexity index is 290.